The van der Waals surface area contributed by atoms with Gasteiger partial charge in [0.05, 0.1) is 29.7 Å². The third-order valence-electron chi connectivity index (χ3n) is 1.52. The van der Waals surface area contributed by atoms with Gasteiger partial charge in [0.1, 0.15) is 6.61 Å². The largest absolute Gasteiger partial charge is 0.494 e. The van der Waals surface area contributed by atoms with Crippen molar-refractivity contribution >= 4 is 26.0 Å². The first-order valence-corrected chi connectivity index (χ1v) is 6.56. The monoisotopic (exact) mass is 295 g/mol. The SMILES string of the molecule is COc1cnc(COS(C)(=O)=O)cc1Br. The van der Waals surface area contributed by atoms with E-state index in [1.54, 1.807) is 6.07 Å². The molecule has 1 aromatic rings. The first kappa shape index (κ1) is 12.4. The predicted molar refractivity (Wildman–Crippen MR) is 58.1 cm³/mol. The van der Waals surface area contributed by atoms with E-state index in [0.29, 0.717) is 15.9 Å². The summed E-state index contributed by atoms with van der Waals surface area (Å²) in [6.07, 6.45) is 2.48. The number of nitrogens with zero attached hydrogens (tertiary/aromatic N) is 1. The summed E-state index contributed by atoms with van der Waals surface area (Å²) < 4.78 is 31.7. The van der Waals surface area contributed by atoms with E-state index in [2.05, 4.69) is 25.1 Å². The molecule has 0 N–H and O–H groups in total. The lowest BCUT2D eigenvalue weighted by Gasteiger charge is -2.05. The predicted octanol–water partition coefficient (Wildman–Crippen LogP) is 1.33. The Balaban J connectivity index is 2.76. The van der Waals surface area contributed by atoms with E-state index in [1.807, 2.05) is 0 Å². The lowest BCUT2D eigenvalue weighted by Crippen LogP contribution is -2.04. The fraction of sp³-hybridized carbons (Fsp3) is 0.375. The number of hydrogen-bond donors (Lipinski definition) is 0. The maximum atomic E-state index is 10.7. The molecule has 0 fully saturated rings. The molecule has 0 aliphatic carbocycles. The molecule has 0 unspecified atom stereocenters. The highest BCUT2D eigenvalue weighted by molar-refractivity contribution is 9.10. The van der Waals surface area contributed by atoms with E-state index in [-0.39, 0.29) is 6.61 Å². The number of pyridine rings is 1. The molecule has 0 saturated carbocycles. The third-order valence-corrected chi connectivity index (χ3v) is 2.68. The Labute approximate surface area is 96.7 Å². The van der Waals surface area contributed by atoms with Crippen molar-refractivity contribution in [1.82, 2.24) is 4.98 Å². The fourth-order valence-electron chi connectivity index (χ4n) is 0.854. The number of aromatic nitrogens is 1. The number of hydrogen-bond acceptors (Lipinski definition) is 5. The second kappa shape index (κ2) is 4.91. The molecule has 7 heteroatoms. The summed E-state index contributed by atoms with van der Waals surface area (Å²) in [5.41, 5.74) is 0.508. The molecule has 0 aliphatic rings. The summed E-state index contributed by atoms with van der Waals surface area (Å²) in [6, 6.07) is 1.64. The third kappa shape index (κ3) is 4.15. The van der Waals surface area contributed by atoms with Gasteiger partial charge >= 0.3 is 0 Å². The molecule has 84 valence electrons. The van der Waals surface area contributed by atoms with Gasteiger partial charge in [0.2, 0.25) is 0 Å². The van der Waals surface area contributed by atoms with Crippen LogP contribution in [0.5, 0.6) is 5.75 Å². The molecule has 5 nitrogen and oxygen atoms in total. The van der Waals surface area contributed by atoms with E-state index >= 15 is 0 Å². The molecule has 0 radical (unpaired) electrons. The van der Waals surface area contributed by atoms with Crippen molar-refractivity contribution in [2.24, 2.45) is 0 Å². The van der Waals surface area contributed by atoms with Gasteiger partial charge < -0.3 is 4.74 Å². The zero-order valence-electron chi connectivity index (χ0n) is 8.23. The Hall–Kier alpha value is -0.660. The first-order valence-electron chi connectivity index (χ1n) is 3.95. The first-order chi connectivity index (χ1) is 6.92. The summed E-state index contributed by atoms with van der Waals surface area (Å²) in [5, 5.41) is 0. The highest BCUT2D eigenvalue weighted by Crippen LogP contribution is 2.24. The van der Waals surface area contributed by atoms with Crippen molar-refractivity contribution in [2.45, 2.75) is 6.61 Å². The molecular formula is C8H10BrNO4S. The second-order valence-electron chi connectivity index (χ2n) is 2.78. The van der Waals surface area contributed by atoms with Crippen molar-refractivity contribution in [2.75, 3.05) is 13.4 Å². The fourth-order valence-corrected chi connectivity index (χ4v) is 1.72. The minimum absolute atomic E-state index is 0.0819. The van der Waals surface area contributed by atoms with Gasteiger partial charge in [-0.1, -0.05) is 0 Å². The van der Waals surface area contributed by atoms with E-state index in [1.165, 1.54) is 13.3 Å². The van der Waals surface area contributed by atoms with Crippen LogP contribution in [0.4, 0.5) is 0 Å². The number of ether oxygens (including phenoxy) is 1. The second-order valence-corrected chi connectivity index (χ2v) is 5.27. The van der Waals surface area contributed by atoms with Crippen molar-refractivity contribution in [3.63, 3.8) is 0 Å². The quantitative estimate of drug-likeness (QED) is 0.784. The van der Waals surface area contributed by atoms with Crippen LogP contribution in [0.1, 0.15) is 5.69 Å². The maximum absolute atomic E-state index is 10.7. The van der Waals surface area contributed by atoms with Crippen molar-refractivity contribution in [1.29, 1.82) is 0 Å². The van der Waals surface area contributed by atoms with Crippen molar-refractivity contribution in [3.8, 4) is 5.75 Å². The molecular weight excluding hydrogens is 286 g/mol. The summed E-state index contributed by atoms with van der Waals surface area (Å²) in [7, 11) is -1.92. The molecule has 0 aliphatic heterocycles. The van der Waals surface area contributed by atoms with E-state index in [9.17, 15) is 8.42 Å². The summed E-state index contributed by atoms with van der Waals surface area (Å²) >= 11 is 3.26. The maximum Gasteiger partial charge on any atom is 0.264 e. The van der Waals surface area contributed by atoms with Crippen LogP contribution >= 0.6 is 15.9 Å². The Morgan fingerprint density at radius 1 is 1.53 bits per heavy atom. The molecule has 1 heterocycles. The van der Waals surface area contributed by atoms with E-state index in [4.69, 9.17) is 4.74 Å². The zero-order valence-corrected chi connectivity index (χ0v) is 10.6. The van der Waals surface area contributed by atoms with Crippen LogP contribution < -0.4 is 4.74 Å². The Morgan fingerprint density at radius 2 is 2.20 bits per heavy atom. The van der Waals surface area contributed by atoms with Gasteiger partial charge in [0.25, 0.3) is 10.1 Å². The van der Waals surface area contributed by atoms with Gasteiger partial charge in [-0.15, -0.1) is 0 Å². The highest BCUT2D eigenvalue weighted by Gasteiger charge is 2.06. The van der Waals surface area contributed by atoms with Gasteiger partial charge in [0, 0.05) is 0 Å². The Kier molecular flexibility index (Phi) is 4.06. The minimum atomic E-state index is -3.44. The van der Waals surface area contributed by atoms with Crippen LogP contribution in [0.2, 0.25) is 0 Å². The lowest BCUT2D eigenvalue weighted by atomic mass is 10.3. The molecule has 0 saturated heterocycles. The Morgan fingerprint density at radius 3 is 2.67 bits per heavy atom. The molecule has 0 atom stereocenters. The van der Waals surface area contributed by atoms with Gasteiger partial charge in [-0.05, 0) is 22.0 Å². The molecule has 0 spiro atoms. The van der Waals surface area contributed by atoms with Crippen LogP contribution in [0.15, 0.2) is 16.7 Å². The molecule has 1 aromatic heterocycles. The van der Waals surface area contributed by atoms with Crippen LogP contribution in [-0.2, 0) is 20.9 Å². The van der Waals surface area contributed by atoms with Crippen LogP contribution in [0.3, 0.4) is 0 Å². The van der Waals surface area contributed by atoms with Gasteiger partial charge in [-0.3, -0.25) is 9.17 Å². The topological polar surface area (TPSA) is 65.5 Å². The standard InChI is InChI=1S/C8H10BrNO4S/c1-13-8-4-10-6(3-7(8)9)5-14-15(2,11)12/h3-4H,5H2,1-2H3. The molecule has 1 rings (SSSR count). The van der Waals surface area contributed by atoms with Crippen molar-refractivity contribution in [3.05, 3.63) is 22.4 Å². The van der Waals surface area contributed by atoms with Crippen LogP contribution in [-0.4, -0.2) is 26.8 Å². The van der Waals surface area contributed by atoms with E-state index < -0.39 is 10.1 Å². The lowest BCUT2D eigenvalue weighted by molar-refractivity contribution is 0.306. The zero-order chi connectivity index (χ0) is 11.5. The normalized spacial score (nSPS) is 11.4. The van der Waals surface area contributed by atoms with Gasteiger partial charge in [-0.25, -0.2) is 0 Å². The Bertz CT molecular complexity index is 446. The van der Waals surface area contributed by atoms with Crippen LogP contribution in [0, 0.1) is 0 Å². The van der Waals surface area contributed by atoms with Gasteiger partial charge in [0.15, 0.2) is 5.75 Å². The highest BCUT2D eigenvalue weighted by atomic mass is 79.9. The minimum Gasteiger partial charge on any atom is -0.494 e. The molecule has 15 heavy (non-hydrogen) atoms. The molecule has 0 bridgehead atoms. The average molecular weight is 296 g/mol. The average Bonchev–Trinajstić information content (AvgIpc) is 2.14. The molecule has 0 aromatic carbocycles. The van der Waals surface area contributed by atoms with E-state index in [0.717, 1.165) is 6.26 Å². The summed E-state index contributed by atoms with van der Waals surface area (Å²) in [6.45, 7) is -0.0819. The number of halogens is 1. The summed E-state index contributed by atoms with van der Waals surface area (Å²) in [4.78, 5) is 3.97. The van der Waals surface area contributed by atoms with Crippen LogP contribution in [0.25, 0.3) is 0 Å². The number of methoxy groups -OCH3 is 1. The molecule has 0 amide bonds. The summed E-state index contributed by atoms with van der Waals surface area (Å²) in [5.74, 6) is 0.582. The smallest absolute Gasteiger partial charge is 0.264 e. The number of rotatable bonds is 4. The van der Waals surface area contributed by atoms with Crippen molar-refractivity contribution < 1.29 is 17.3 Å². The van der Waals surface area contributed by atoms with Gasteiger partial charge in [-0.2, -0.15) is 8.42 Å².